The van der Waals surface area contributed by atoms with E-state index < -0.39 is 23.7 Å². The molecule has 0 aliphatic carbocycles. The SMILES string of the molecule is CC(C)C(C(=O)O)N(CCCc1cccnc1)C(=O)OC(C)(C)C. The van der Waals surface area contributed by atoms with E-state index in [1.54, 1.807) is 47.0 Å². The van der Waals surface area contributed by atoms with Gasteiger partial charge in [-0.3, -0.25) is 9.88 Å². The molecule has 0 saturated carbocycles. The van der Waals surface area contributed by atoms with Gasteiger partial charge in [-0.05, 0) is 51.2 Å². The number of rotatable bonds is 7. The molecule has 1 heterocycles. The Labute approximate surface area is 143 Å². The van der Waals surface area contributed by atoms with Crippen LogP contribution in [0.25, 0.3) is 0 Å². The molecular weight excluding hydrogens is 308 g/mol. The molecule has 0 bridgehead atoms. The Morgan fingerprint density at radius 3 is 2.46 bits per heavy atom. The van der Waals surface area contributed by atoms with Gasteiger partial charge in [-0.25, -0.2) is 9.59 Å². The number of aromatic nitrogens is 1. The van der Waals surface area contributed by atoms with Gasteiger partial charge in [-0.15, -0.1) is 0 Å². The lowest BCUT2D eigenvalue weighted by atomic mass is 10.0. The van der Waals surface area contributed by atoms with Crippen molar-refractivity contribution in [2.45, 2.75) is 59.1 Å². The van der Waals surface area contributed by atoms with Crippen molar-refractivity contribution in [2.75, 3.05) is 6.54 Å². The van der Waals surface area contributed by atoms with Gasteiger partial charge in [0.15, 0.2) is 0 Å². The number of hydrogen-bond acceptors (Lipinski definition) is 4. The van der Waals surface area contributed by atoms with E-state index in [-0.39, 0.29) is 5.92 Å². The number of carboxylic acids is 1. The lowest BCUT2D eigenvalue weighted by Crippen LogP contribution is -2.50. The zero-order valence-corrected chi connectivity index (χ0v) is 15.2. The topological polar surface area (TPSA) is 79.7 Å². The van der Waals surface area contributed by atoms with Gasteiger partial charge in [0.1, 0.15) is 11.6 Å². The summed E-state index contributed by atoms with van der Waals surface area (Å²) in [5.74, 6) is -1.23. The molecule has 1 unspecified atom stereocenters. The number of carbonyl (C=O) groups is 2. The number of amides is 1. The van der Waals surface area contributed by atoms with Gasteiger partial charge in [0.25, 0.3) is 0 Å². The van der Waals surface area contributed by atoms with Crippen molar-refractivity contribution in [3.8, 4) is 0 Å². The lowest BCUT2D eigenvalue weighted by molar-refractivity contribution is -0.144. The van der Waals surface area contributed by atoms with Crippen LogP contribution in [0, 0.1) is 5.92 Å². The Kier molecular flexibility index (Phi) is 7.19. The van der Waals surface area contributed by atoms with Gasteiger partial charge >= 0.3 is 12.1 Å². The highest BCUT2D eigenvalue weighted by Gasteiger charge is 2.34. The van der Waals surface area contributed by atoms with E-state index >= 15 is 0 Å². The predicted octanol–water partition coefficient (Wildman–Crippen LogP) is 3.36. The van der Waals surface area contributed by atoms with Crippen molar-refractivity contribution in [2.24, 2.45) is 5.92 Å². The second kappa shape index (κ2) is 8.66. The molecule has 1 rings (SSSR count). The first-order valence-electron chi connectivity index (χ1n) is 8.23. The second-order valence-electron chi connectivity index (χ2n) is 7.17. The highest BCUT2D eigenvalue weighted by Crippen LogP contribution is 2.18. The zero-order valence-electron chi connectivity index (χ0n) is 15.2. The quantitative estimate of drug-likeness (QED) is 0.826. The number of pyridine rings is 1. The molecule has 0 aliphatic rings. The van der Waals surface area contributed by atoms with Crippen LogP contribution in [0.1, 0.15) is 46.6 Å². The molecule has 0 aromatic carbocycles. The fourth-order valence-electron chi connectivity index (χ4n) is 2.44. The number of ether oxygens (including phenoxy) is 1. The van der Waals surface area contributed by atoms with Gasteiger partial charge < -0.3 is 9.84 Å². The molecule has 134 valence electrons. The summed E-state index contributed by atoms with van der Waals surface area (Å²) in [4.78, 5) is 29.5. The smallest absolute Gasteiger partial charge is 0.411 e. The van der Waals surface area contributed by atoms with Crippen molar-refractivity contribution in [3.63, 3.8) is 0 Å². The van der Waals surface area contributed by atoms with Gasteiger partial charge in [-0.2, -0.15) is 0 Å². The molecule has 1 aromatic heterocycles. The average molecular weight is 336 g/mol. The molecule has 0 saturated heterocycles. The average Bonchev–Trinajstić information content (AvgIpc) is 2.44. The van der Waals surface area contributed by atoms with Crippen molar-refractivity contribution in [1.82, 2.24) is 9.88 Å². The Bertz CT molecular complexity index is 538. The van der Waals surface area contributed by atoms with E-state index in [9.17, 15) is 14.7 Å². The monoisotopic (exact) mass is 336 g/mol. The summed E-state index contributed by atoms with van der Waals surface area (Å²) in [6.45, 7) is 9.20. The summed E-state index contributed by atoms with van der Waals surface area (Å²) < 4.78 is 5.40. The highest BCUT2D eigenvalue weighted by atomic mass is 16.6. The van der Waals surface area contributed by atoms with E-state index in [2.05, 4.69) is 4.98 Å². The Hall–Kier alpha value is -2.11. The molecule has 6 nitrogen and oxygen atoms in total. The fraction of sp³-hybridized carbons (Fsp3) is 0.611. The normalized spacial score (nSPS) is 12.8. The summed E-state index contributed by atoms with van der Waals surface area (Å²) in [5, 5.41) is 9.52. The third-order valence-electron chi connectivity index (χ3n) is 3.44. The number of carboxylic acid groups (broad SMARTS) is 1. The van der Waals surface area contributed by atoms with Gasteiger partial charge in [0, 0.05) is 18.9 Å². The van der Waals surface area contributed by atoms with Crippen LogP contribution in [0.4, 0.5) is 4.79 Å². The molecule has 0 radical (unpaired) electrons. The minimum atomic E-state index is -1.02. The first kappa shape index (κ1) is 19.9. The molecule has 6 heteroatoms. The Morgan fingerprint density at radius 1 is 1.33 bits per heavy atom. The third-order valence-corrected chi connectivity index (χ3v) is 3.44. The maximum Gasteiger partial charge on any atom is 0.411 e. The van der Waals surface area contributed by atoms with Crippen LogP contribution in [-0.4, -0.2) is 45.2 Å². The number of hydrogen-bond donors (Lipinski definition) is 1. The van der Waals surface area contributed by atoms with E-state index in [1.807, 2.05) is 12.1 Å². The minimum absolute atomic E-state index is 0.214. The van der Waals surface area contributed by atoms with Crippen molar-refractivity contribution in [3.05, 3.63) is 30.1 Å². The van der Waals surface area contributed by atoms with E-state index in [0.29, 0.717) is 13.0 Å². The van der Waals surface area contributed by atoms with Crippen LogP contribution in [0.2, 0.25) is 0 Å². The summed E-state index contributed by atoms with van der Waals surface area (Å²) in [6, 6.07) is 2.91. The third kappa shape index (κ3) is 6.56. The molecule has 0 spiro atoms. The lowest BCUT2D eigenvalue weighted by Gasteiger charge is -2.33. The number of nitrogens with zero attached hydrogens (tertiary/aromatic N) is 2. The standard InChI is InChI=1S/C18H28N2O4/c1-13(2)15(16(21)22)20(17(23)24-18(3,4)5)11-7-9-14-8-6-10-19-12-14/h6,8,10,12-13,15H,7,9,11H2,1-5H3,(H,21,22). The summed E-state index contributed by atoms with van der Waals surface area (Å²) in [7, 11) is 0. The number of aliphatic carboxylic acids is 1. The molecule has 1 amide bonds. The maximum absolute atomic E-state index is 12.5. The van der Waals surface area contributed by atoms with Crippen LogP contribution in [0.15, 0.2) is 24.5 Å². The zero-order chi connectivity index (χ0) is 18.3. The predicted molar refractivity (Wildman–Crippen MR) is 91.8 cm³/mol. The molecule has 1 N–H and O–H groups in total. The molecule has 0 fully saturated rings. The van der Waals surface area contributed by atoms with Crippen molar-refractivity contribution in [1.29, 1.82) is 0 Å². The van der Waals surface area contributed by atoms with Gasteiger partial charge in [0.05, 0.1) is 0 Å². The second-order valence-corrected chi connectivity index (χ2v) is 7.17. The van der Waals surface area contributed by atoms with E-state index in [1.165, 1.54) is 4.90 Å². The molecule has 1 atom stereocenters. The first-order valence-corrected chi connectivity index (χ1v) is 8.23. The summed E-state index contributed by atoms with van der Waals surface area (Å²) >= 11 is 0. The largest absolute Gasteiger partial charge is 0.480 e. The van der Waals surface area contributed by atoms with Gasteiger partial charge in [0.2, 0.25) is 0 Å². The van der Waals surface area contributed by atoms with Crippen molar-refractivity contribution >= 4 is 12.1 Å². The van der Waals surface area contributed by atoms with Crippen LogP contribution in [-0.2, 0) is 16.0 Å². The fourth-order valence-corrected chi connectivity index (χ4v) is 2.44. The first-order chi connectivity index (χ1) is 11.1. The van der Waals surface area contributed by atoms with Crippen LogP contribution >= 0.6 is 0 Å². The van der Waals surface area contributed by atoms with E-state index in [0.717, 1.165) is 12.0 Å². The molecule has 0 aliphatic heterocycles. The van der Waals surface area contributed by atoms with Crippen LogP contribution < -0.4 is 0 Å². The Balaban J connectivity index is 2.83. The van der Waals surface area contributed by atoms with Gasteiger partial charge in [-0.1, -0.05) is 19.9 Å². The summed E-state index contributed by atoms with van der Waals surface area (Å²) in [5.41, 5.74) is 0.386. The molecule has 24 heavy (non-hydrogen) atoms. The summed E-state index contributed by atoms with van der Waals surface area (Å²) in [6.07, 6.45) is 4.25. The van der Waals surface area contributed by atoms with E-state index in [4.69, 9.17) is 4.74 Å². The van der Waals surface area contributed by atoms with Crippen LogP contribution in [0.5, 0.6) is 0 Å². The molecular formula is C18H28N2O4. The molecule has 1 aromatic rings. The number of aryl methyl sites for hydroxylation is 1. The number of carbonyl (C=O) groups excluding carboxylic acids is 1. The van der Waals surface area contributed by atoms with Crippen molar-refractivity contribution < 1.29 is 19.4 Å². The minimum Gasteiger partial charge on any atom is -0.480 e. The maximum atomic E-state index is 12.5. The Morgan fingerprint density at radius 2 is 2.00 bits per heavy atom. The highest BCUT2D eigenvalue weighted by molar-refractivity contribution is 5.80. The van der Waals surface area contributed by atoms with Crippen LogP contribution in [0.3, 0.4) is 0 Å².